The second kappa shape index (κ2) is 12.2. The topological polar surface area (TPSA) is 49.4 Å². The van der Waals surface area contributed by atoms with E-state index in [9.17, 15) is 9.59 Å². The van der Waals surface area contributed by atoms with Crippen LogP contribution in [0.4, 0.5) is 0 Å². The van der Waals surface area contributed by atoms with Crippen LogP contribution in [0, 0.1) is 0 Å². The van der Waals surface area contributed by atoms with Crippen molar-refractivity contribution in [1.29, 1.82) is 0 Å². The second-order valence-corrected chi connectivity index (χ2v) is 9.50. The smallest absolute Gasteiger partial charge is 0.243 e. The van der Waals surface area contributed by atoms with Gasteiger partial charge in [0.05, 0.1) is 5.75 Å². The van der Waals surface area contributed by atoms with Crippen molar-refractivity contribution >= 4 is 35.2 Å². The van der Waals surface area contributed by atoms with Gasteiger partial charge in [-0.25, -0.2) is 0 Å². The Morgan fingerprint density at radius 1 is 1.06 bits per heavy atom. The zero-order valence-corrected chi connectivity index (χ0v) is 19.6. The molecule has 3 rings (SSSR count). The fourth-order valence-electron chi connectivity index (χ4n) is 4.00. The SMILES string of the molecule is CC[C@H](C(=O)NC1CCCCC1)N(Cc1ccc(Cl)cc1)C(=O)CSc1ccccc1. The van der Waals surface area contributed by atoms with Gasteiger partial charge in [0.1, 0.15) is 6.04 Å². The maximum atomic E-state index is 13.3. The van der Waals surface area contributed by atoms with Crippen molar-refractivity contribution in [3.8, 4) is 0 Å². The first kappa shape index (κ1) is 23.7. The van der Waals surface area contributed by atoms with Gasteiger partial charge in [-0.15, -0.1) is 11.8 Å². The Hall–Kier alpha value is -1.98. The molecule has 0 spiro atoms. The molecule has 1 aliphatic rings. The van der Waals surface area contributed by atoms with Crippen LogP contribution in [0.15, 0.2) is 59.5 Å². The van der Waals surface area contributed by atoms with Crippen LogP contribution < -0.4 is 5.32 Å². The molecule has 2 aromatic rings. The summed E-state index contributed by atoms with van der Waals surface area (Å²) in [5.41, 5.74) is 0.964. The number of amides is 2. The minimum absolute atomic E-state index is 0.0329. The molecule has 31 heavy (non-hydrogen) atoms. The maximum Gasteiger partial charge on any atom is 0.243 e. The number of hydrogen-bond donors (Lipinski definition) is 1. The van der Waals surface area contributed by atoms with Crippen molar-refractivity contribution in [1.82, 2.24) is 10.2 Å². The average Bonchev–Trinajstić information content (AvgIpc) is 2.80. The molecule has 0 aromatic heterocycles. The van der Waals surface area contributed by atoms with Crippen LogP contribution in [0.5, 0.6) is 0 Å². The van der Waals surface area contributed by atoms with Gasteiger partial charge in [-0.2, -0.15) is 0 Å². The number of benzene rings is 2. The lowest BCUT2D eigenvalue weighted by Crippen LogP contribution is -2.52. The van der Waals surface area contributed by atoms with Crippen LogP contribution in [0.3, 0.4) is 0 Å². The van der Waals surface area contributed by atoms with E-state index in [0.29, 0.717) is 23.7 Å². The summed E-state index contributed by atoms with van der Waals surface area (Å²) in [6, 6.07) is 17.1. The van der Waals surface area contributed by atoms with Crippen LogP contribution in [-0.4, -0.2) is 34.6 Å². The molecule has 0 saturated heterocycles. The van der Waals surface area contributed by atoms with Gasteiger partial charge in [-0.05, 0) is 49.1 Å². The molecule has 2 aromatic carbocycles. The predicted molar refractivity (Wildman–Crippen MR) is 128 cm³/mol. The molecule has 1 atom stereocenters. The summed E-state index contributed by atoms with van der Waals surface area (Å²) in [6.45, 7) is 2.36. The molecule has 1 N–H and O–H groups in total. The van der Waals surface area contributed by atoms with E-state index >= 15 is 0 Å². The minimum Gasteiger partial charge on any atom is -0.352 e. The third-order valence-electron chi connectivity index (χ3n) is 5.71. The summed E-state index contributed by atoms with van der Waals surface area (Å²) >= 11 is 7.53. The number of thioether (sulfide) groups is 1. The van der Waals surface area contributed by atoms with E-state index in [1.807, 2.05) is 61.5 Å². The number of nitrogens with zero attached hydrogens (tertiary/aromatic N) is 1. The van der Waals surface area contributed by atoms with Crippen LogP contribution in [-0.2, 0) is 16.1 Å². The summed E-state index contributed by atoms with van der Waals surface area (Å²) in [4.78, 5) is 29.2. The van der Waals surface area contributed by atoms with Gasteiger partial charge in [0, 0.05) is 22.5 Å². The summed E-state index contributed by atoms with van der Waals surface area (Å²) in [6.07, 6.45) is 6.18. The van der Waals surface area contributed by atoms with E-state index < -0.39 is 6.04 Å². The Kier molecular flexibility index (Phi) is 9.29. The van der Waals surface area contributed by atoms with Gasteiger partial charge in [-0.1, -0.05) is 68.1 Å². The van der Waals surface area contributed by atoms with Gasteiger partial charge in [0.15, 0.2) is 0 Å². The quantitative estimate of drug-likeness (QED) is 0.491. The van der Waals surface area contributed by atoms with E-state index in [1.165, 1.54) is 18.2 Å². The molecular formula is C25H31ClN2O2S. The zero-order chi connectivity index (χ0) is 22.1. The highest BCUT2D eigenvalue weighted by molar-refractivity contribution is 8.00. The molecular weight excluding hydrogens is 428 g/mol. The number of hydrogen-bond acceptors (Lipinski definition) is 3. The fourth-order valence-corrected chi connectivity index (χ4v) is 4.93. The van der Waals surface area contributed by atoms with Crippen molar-refractivity contribution < 1.29 is 9.59 Å². The van der Waals surface area contributed by atoms with Gasteiger partial charge in [-0.3, -0.25) is 9.59 Å². The highest BCUT2D eigenvalue weighted by atomic mass is 35.5. The fraction of sp³-hybridized carbons (Fsp3) is 0.440. The van der Waals surface area contributed by atoms with Crippen molar-refractivity contribution in [2.24, 2.45) is 0 Å². The first-order valence-corrected chi connectivity index (χ1v) is 12.4. The molecule has 1 aliphatic carbocycles. The summed E-state index contributed by atoms with van der Waals surface area (Å²) < 4.78 is 0. The molecule has 0 unspecified atom stereocenters. The lowest BCUT2D eigenvalue weighted by Gasteiger charge is -2.32. The summed E-state index contributed by atoms with van der Waals surface area (Å²) in [7, 11) is 0. The predicted octanol–water partition coefficient (Wildman–Crippen LogP) is 5.69. The van der Waals surface area contributed by atoms with E-state index in [1.54, 1.807) is 4.90 Å². The van der Waals surface area contributed by atoms with Crippen LogP contribution in [0.1, 0.15) is 51.0 Å². The van der Waals surface area contributed by atoms with Crippen LogP contribution in [0.2, 0.25) is 5.02 Å². The Labute approximate surface area is 194 Å². The van der Waals surface area contributed by atoms with Crippen molar-refractivity contribution in [2.75, 3.05) is 5.75 Å². The zero-order valence-electron chi connectivity index (χ0n) is 18.1. The highest BCUT2D eigenvalue weighted by Crippen LogP contribution is 2.22. The molecule has 6 heteroatoms. The van der Waals surface area contributed by atoms with E-state index in [4.69, 9.17) is 11.6 Å². The van der Waals surface area contributed by atoms with E-state index in [-0.39, 0.29) is 17.9 Å². The Bertz CT molecular complexity index is 838. The molecule has 166 valence electrons. The average molecular weight is 459 g/mol. The molecule has 0 aliphatic heterocycles. The van der Waals surface area contributed by atoms with Gasteiger partial charge in [0.2, 0.25) is 11.8 Å². The van der Waals surface area contributed by atoms with E-state index in [2.05, 4.69) is 5.32 Å². The number of nitrogens with one attached hydrogen (secondary N) is 1. The first-order chi connectivity index (χ1) is 15.1. The Balaban J connectivity index is 1.73. The molecule has 1 fully saturated rings. The molecule has 1 saturated carbocycles. The molecule has 2 amide bonds. The Morgan fingerprint density at radius 3 is 2.39 bits per heavy atom. The molecule has 0 bridgehead atoms. The molecule has 0 heterocycles. The summed E-state index contributed by atoms with van der Waals surface area (Å²) in [5.74, 6) is 0.223. The number of rotatable bonds is 9. The van der Waals surface area contributed by atoms with Gasteiger partial charge < -0.3 is 10.2 Å². The second-order valence-electron chi connectivity index (χ2n) is 8.02. The Morgan fingerprint density at radius 2 is 1.74 bits per heavy atom. The van der Waals surface area contributed by atoms with Gasteiger partial charge in [0.25, 0.3) is 0 Å². The lowest BCUT2D eigenvalue weighted by atomic mass is 9.95. The third kappa shape index (κ3) is 7.29. The van der Waals surface area contributed by atoms with Crippen LogP contribution in [0.25, 0.3) is 0 Å². The largest absolute Gasteiger partial charge is 0.352 e. The number of carbonyl (C=O) groups excluding carboxylic acids is 2. The van der Waals surface area contributed by atoms with Crippen molar-refractivity contribution in [3.63, 3.8) is 0 Å². The van der Waals surface area contributed by atoms with E-state index in [0.717, 1.165) is 36.1 Å². The lowest BCUT2D eigenvalue weighted by molar-refractivity contribution is -0.139. The molecule has 4 nitrogen and oxygen atoms in total. The van der Waals surface area contributed by atoms with Gasteiger partial charge >= 0.3 is 0 Å². The monoisotopic (exact) mass is 458 g/mol. The maximum absolute atomic E-state index is 13.3. The summed E-state index contributed by atoms with van der Waals surface area (Å²) in [5, 5.41) is 3.87. The minimum atomic E-state index is -0.485. The van der Waals surface area contributed by atoms with Crippen LogP contribution >= 0.6 is 23.4 Å². The standard InChI is InChI=1S/C25H31ClN2O2S/c1-2-23(25(30)27-21-9-5-3-6-10-21)28(17-19-13-15-20(26)16-14-19)24(29)18-31-22-11-7-4-8-12-22/h4,7-8,11-16,21,23H,2-3,5-6,9-10,17-18H2,1H3,(H,27,30)/t23-/m1/s1. The van der Waals surface area contributed by atoms with Crippen molar-refractivity contribution in [3.05, 3.63) is 65.2 Å². The number of carbonyl (C=O) groups is 2. The third-order valence-corrected chi connectivity index (χ3v) is 6.96. The highest BCUT2D eigenvalue weighted by Gasteiger charge is 2.30. The van der Waals surface area contributed by atoms with Crippen molar-refractivity contribution in [2.45, 2.75) is 69.0 Å². The normalized spacial score (nSPS) is 15.3. The number of halogens is 1. The molecule has 0 radical (unpaired) electrons. The first-order valence-electron chi connectivity index (χ1n) is 11.1.